The van der Waals surface area contributed by atoms with E-state index in [2.05, 4.69) is 0 Å². The second-order valence-electron chi connectivity index (χ2n) is 13.7. The first kappa shape index (κ1) is 51.9. The van der Waals surface area contributed by atoms with Gasteiger partial charge in [-0.2, -0.15) is 74.6 Å². The molecule has 57 heavy (non-hydrogen) atoms. The molecule has 0 fully saturated rings. The Balaban J connectivity index is 3.21. The Morgan fingerprint density at radius 1 is 0.719 bits per heavy atom. The van der Waals surface area contributed by atoms with Gasteiger partial charge in [0.2, 0.25) is 0 Å². The molecule has 0 saturated carbocycles. The molecule has 0 unspecified atom stereocenters. The van der Waals surface area contributed by atoms with Crippen LogP contribution in [0.4, 0.5) is 74.6 Å². The number of amides is 1. The zero-order valence-corrected chi connectivity index (χ0v) is 31.7. The van der Waals surface area contributed by atoms with Crippen LogP contribution >= 0.6 is 0 Å². The SMILES string of the molecule is C/C(=C\C=C\C(=O)NO)[C@H](C)[C@@H](O)c1ccc(OCCO[Si](CCC(F)(F)C(F)(F)C(F)(F)C(F)(F)C(F)(F)C(F)(F)C(F)(F)C(F)(F)F)(C(C)C)C(C)C)cc1. The van der Waals surface area contributed by atoms with Crippen LogP contribution in [0.3, 0.4) is 0 Å². The van der Waals surface area contributed by atoms with E-state index in [0.717, 1.165) is 6.08 Å². The Bertz CT molecular complexity index is 1540. The van der Waals surface area contributed by atoms with Crippen molar-refractivity contribution in [1.29, 1.82) is 0 Å². The molecule has 1 aromatic rings. The lowest BCUT2D eigenvalue weighted by atomic mass is 9.88. The number of aliphatic hydroxyl groups is 1. The van der Waals surface area contributed by atoms with Gasteiger partial charge in [0, 0.05) is 18.4 Å². The van der Waals surface area contributed by atoms with E-state index in [1.807, 2.05) is 0 Å². The fourth-order valence-corrected chi connectivity index (χ4v) is 9.99. The van der Waals surface area contributed by atoms with Crippen molar-refractivity contribution in [1.82, 2.24) is 5.48 Å². The molecule has 0 spiro atoms. The second-order valence-corrected chi connectivity index (χ2v) is 18.7. The number of carbonyl (C=O) groups is 1. The summed E-state index contributed by atoms with van der Waals surface area (Å²) in [5.41, 5.74) is 0.714. The maximum atomic E-state index is 14.9. The van der Waals surface area contributed by atoms with E-state index in [-0.39, 0.29) is 12.4 Å². The third kappa shape index (κ3) is 10.0. The number of allylic oxidation sites excluding steroid dienone is 2. The first-order valence-electron chi connectivity index (χ1n) is 16.5. The smallest absolute Gasteiger partial charge is 0.460 e. The highest BCUT2D eigenvalue weighted by Crippen LogP contribution is 2.64. The fraction of sp³-hybridized carbons (Fsp3) is 0.667. The molecule has 24 heteroatoms. The molecule has 0 bridgehead atoms. The van der Waals surface area contributed by atoms with Gasteiger partial charge in [-0.15, -0.1) is 0 Å². The van der Waals surface area contributed by atoms with E-state index in [0.29, 0.717) is 11.1 Å². The van der Waals surface area contributed by atoms with Gasteiger partial charge < -0.3 is 14.3 Å². The Labute approximate surface area is 316 Å². The number of nitrogens with one attached hydrogen (secondary N) is 1. The molecule has 0 aliphatic rings. The van der Waals surface area contributed by atoms with Crippen LogP contribution < -0.4 is 10.2 Å². The zero-order chi connectivity index (χ0) is 45.0. The van der Waals surface area contributed by atoms with Gasteiger partial charge in [-0.3, -0.25) is 10.0 Å². The summed E-state index contributed by atoms with van der Waals surface area (Å²) in [7, 11) is -3.96. The van der Waals surface area contributed by atoms with Crippen LogP contribution in [0.1, 0.15) is 59.6 Å². The van der Waals surface area contributed by atoms with Gasteiger partial charge in [0.05, 0.1) is 12.7 Å². The predicted octanol–water partition coefficient (Wildman–Crippen LogP) is 10.9. The van der Waals surface area contributed by atoms with Crippen molar-refractivity contribution >= 4 is 14.2 Å². The van der Waals surface area contributed by atoms with Gasteiger partial charge in [-0.1, -0.05) is 64.5 Å². The lowest BCUT2D eigenvalue weighted by Gasteiger charge is -2.44. The number of benzene rings is 1. The molecule has 0 aliphatic heterocycles. The Kier molecular flexibility index (Phi) is 16.4. The summed E-state index contributed by atoms with van der Waals surface area (Å²) in [5.74, 6) is -57.8. The molecule has 330 valence electrons. The predicted molar refractivity (Wildman–Crippen MR) is 171 cm³/mol. The summed E-state index contributed by atoms with van der Waals surface area (Å²) in [6, 6.07) is 4.40. The number of hydrogen-bond acceptors (Lipinski definition) is 5. The normalized spacial score (nSPS) is 16.1. The molecule has 1 amide bonds. The van der Waals surface area contributed by atoms with E-state index in [9.17, 15) is 84.5 Å². The molecule has 6 nitrogen and oxygen atoms in total. The van der Waals surface area contributed by atoms with Crippen LogP contribution in [-0.4, -0.2) is 85.4 Å². The van der Waals surface area contributed by atoms with Gasteiger partial charge in [0.1, 0.15) is 12.4 Å². The van der Waals surface area contributed by atoms with Crippen LogP contribution in [0, 0.1) is 5.92 Å². The monoisotopic (exact) mass is 881 g/mol. The maximum Gasteiger partial charge on any atom is 0.460 e. The molecule has 3 N–H and O–H groups in total. The largest absolute Gasteiger partial charge is 0.491 e. The molecule has 0 radical (unpaired) electrons. The minimum absolute atomic E-state index is 0.151. The maximum absolute atomic E-state index is 14.9. The molecule has 1 aromatic carbocycles. The molecule has 0 aliphatic carbocycles. The third-order valence-electron chi connectivity index (χ3n) is 9.42. The van der Waals surface area contributed by atoms with Crippen LogP contribution in [-0.2, 0) is 9.22 Å². The molecule has 0 saturated heterocycles. The summed E-state index contributed by atoms with van der Waals surface area (Å²) < 4.78 is 245. The second kappa shape index (κ2) is 18.0. The van der Waals surface area contributed by atoms with Crippen LogP contribution in [0.25, 0.3) is 0 Å². The summed E-state index contributed by atoms with van der Waals surface area (Å²) in [5, 5.41) is 19.2. The number of alkyl halides is 17. The zero-order valence-electron chi connectivity index (χ0n) is 30.7. The average molecular weight is 882 g/mol. The van der Waals surface area contributed by atoms with Crippen molar-refractivity contribution in [2.24, 2.45) is 5.92 Å². The number of carbonyl (C=O) groups excluding carboxylic acids is 1. The number of hydrogen-bond donors (Lipinski definition) is 3. The third-order valence-corrected chi connectivity index (χ3v) is 15.1. The summed E-state index contributed by atoms with van der Waals surface area (Å²) >= 11 is 0. The number of aliphatic hydroxyl groups excluding tert-OH is 1. The standard InChI is InChI=1S/C33H40F17NO5Si/c1-18(2)57(19(3)4,56-16-15-55-23-12-10-22(11-13-23)25(53)21(6)20(5)8-7-9-24(52)51-54)17-14-26(34,35)27(36,37)28(38,39)29(40,41)30(42,43)31(44,45)32(46,47)33(48,49)50/h7-13,18-19,21,25,53-54H,14-17H2,1-6H3,(H,51,52)/b9-7+,20-8+/t21-,25+/m0/s1. The summed E-state index contributed by atoms with van der Waals surface area (Å²) in [6.07, 6.45) is -7.56. The molecule has 1 rings (SSSR count). The van der Waals surface area contributed by atoms with Gasteiger partial charge >= 0.3 is 47.6 Å². The summed E-state index contributed by atoms with van der Waals surface area (Å²) in [6.45, 7) is 7.72. The molecule has 2 atom stereocenters. The molecule has 0 aromatic heterocycles. The van der Waals surface area contributed by atoms with Gasteiger partial charge in [-0.25, -0.2) is 5.48 Å². The van der Waals surface area contributed by atoms with E-state index >= 15 is 0 Å². The average Bonchev–Trinajstić information content (AvgIpc) is 3.09. The lowest BCUT2D eigenvalue weighted by Crippen LogP contribution is -2.74. The van der Waals surface area contributed by atoms with Gasteiger partial charge in [-0.05, 0) is 41.7 Å². The van der Waals surface area contributed by atoms with Crippen molar-refractivity contribution in [2.45, 2.75) is 119 Å². The summed E-state index contributed by atoms with van der Waals surface area (Å²) in [4.78, 5) is 11.1. The fourth-order valence-electron chi connectivity index (χ4n) is 5.52. The van der Waals surface area contributed by atoms with Crippen molar-refractivity contribution in [2.75, 3.05) is 13.2 Å². The van der Waals surface area contributed by atoms with Gasteiger partial charge in [0.15, 0.2) is 8.32 Å². The highest BCUT2D eigenvalue weighted by atomic mass is 28.4. The Hall–Kier alpha value is -3.12. The van der Waals surface area contributed by atoms with E-state index < -0.39 is 104 Å². The number of rotatable bonds is 21. The topological polar surface area (TPSA) is 88.0 Å². The van der Waals surface area contributed by atoms with E-state index in [4.69, 9.17) is 14.4 Å². The molecule has 0 heterocycles. The molecular weight excluding hydrogens is 841 g/mol. The Morgan fingerprint density at radius 2 is 1.16 bits per heavy atom. The first-order chi connectivity index (χ1) is 25.5. The van der Waals surface area contributed by atoms with Crippen molar-refractivity contribution in [3.63, 3.8) is 0 Å². The molecular formula is C33H40F17NO5Si. The van der Waals surface area contributed by atoms with Crippen LogP contribution in [0.5, 0.6) is 5.75 Å². The minimum Gasteiger partial charge on any atom is -0.491 e. The number of ether oxygens (including phenoxy) is 1. The van der Waals surface area contributed by atoms with E-state index in [1.165, 1.54) is 69.6 Å². The van der Waals surface area contributed by atoms with Crippen molar-refractivity contribution in [3.05, 3.63) is 53.6 Å². The highest BCUT2D eigenvalue weighted by Gasteiger charge is 2.95. The number of halogens is 17. The van der Waals surface area contributed by atoms with Crippen molar-refractivity contribution < 1.29 is 98.9 Å². The van der Waals surface area contributed by atoms with Crippen LogP contribution in [0.2, 0.25) is 17.1 Å². The van der Waals surface area contributed by atoms with Gasteiger partial charge in [0.25, 0.3) is 5.91 Å². The highest BCUT2D eigenvalue weighted by molar-refractivity contribution is 6.76. The Morgan fingerprint density at radius 3 is 1.58 bits per heavy atom. The first-order valence-corrected chi connectivity index (χ1v) is 18.8. The van der Waals surface area contributed by atoms with Crippen LogP contribution in [0.15, 0.2) is 48.1 Å². The van der Waals surface area contributed by atoms with E-state index in [1.54, 1.807) is 13.8 Å². The minimum atomic E-state index is -8.69. The number of hydroxylamine groups is 1. The van der Waals surface area contributed by atoms with Crippen molar-refractivity contribution in [3.8, 4) is 5.75 Å². The quantitative estimate of drug-likeness (QED) is 0.0218. The lowest BCUT2D eigenvalue weighted by molar-refractivity contribution is -0.461.